The number of carbonyl (C=O) groups is 2. The molecule has 35 heavy (non-hydrogen) atoms. The van der Waals surface area contributed by atoms with Crippen LogP contribution in [0.4, 0.5) is 10.5 Å². The maximum atomic E-state index is 12.7. The van der Waals surface area contributed by atoms with E-state index in [0.29, 0.717) is 23.4 Å². The predicted molar refractivity (Wildman–Crippen MR) is 129 cm³/mol. The molecule has 0 fully saturated rings. The number of anilines is 1. The predicted octanol–water partition coefficient (Wildman–Crippen LogP) is 1.89. The molecule has 0 saturated carbocycles. The maximum absolute atomic E-state index is 12.7. The number of nitrogens with zero attached hydrogens (tertiary/aromatic N) is 1. The van der Waals surface area contributed by atoms with Gasteiger partial charge in [0, 0.05) is 5.39 Å². The van der Waals surface area contributed by atoms with Gasteiger partial charge in [0.15, 0.2) is 0 Å². The van der Waals surface area contributed by atoms with Crippen LogP contribution in [-0.4, -0.2) is 72.9 Å². The third kappa shape index (κ3) is 11.1. The van der Waals surface area contributed by atoms with Crippen molar-refractivity contribution in [3.8, 4) is 0 Å². The fraction of sp³-hybridized carbons (Fsp3) is 0.474. The minimum Gasteiger partial charge on any atom is -0.461 e. The quantitative estimate of drug-likeness (QED) is 0.513. The number of rotatable bonds is 6. The molecule has 2 rings (SSSR count). The van der Waals surface area contributed by atoms with Crippen molar-refractivity contribution in [1.29, 1.82) is 0 Å². The molecule has 0 atom stereocenters. The Morgan fingerprint density at radius 2 is 1.49 bits per heavy atom. The normalized spacial score (nSPS) is 12.4. The number of fused-ring (bicyclic) bond motifs is 1. The lowest BCUT2D eigenvalue weighted by Gasteiger charge is -2.20. The highest BCUT2D eigenvalue weighted by Crippen LogP contribution is 2.26. The molecule has 198 valence electrons. The van der Waals surface area contributed by atoms with E-state index in [0.717, 1.165) is 10.8 Å². The van der Waals surface area contributed by atoms with Gasteiger partial charge in [-0.1, -0.05) is 6.07 Å². The summed E-state index contributed by atoms with van der Waals surface area (Å²) in [5, 5.41) is 0.568. The average Bonchev–Trinajstić information content (AvgIpc) is 2.95. The summed E-state index contributed by atoms with van der Waals surface area (Å²) in [6, 6.07) is 6.11. The standard InChI is InChI=1S/C17H22N2O6S.C2H6O5S2/c1-6-24-15(20)14-9-11-7-8-12(18-26(5,22)23)10-13(11)19(14)16(21)25-17(2,3)4;1-8(3,4)7-9(2,5)6/h7-10,18H,6H2,1-5H3;1-2H3. The Balaban J connectivity index is 0.000000579. The van der Waals surface area contributed by atoms with Crippen molar-refractivity contribution in [1.82, 2.24) is 4.57 Å². The van der Waals surface area contributed by atoms with Crippen LogP contribution in [0.3, 0.4) is 0 Å². The molecular weight excluding hydrogens is 528 g/mol. The van der Waals surface area contributed by atoms with Crippen LogP contribution in [0.2, 0.25) is 0 Å². The second-order valence-corrected chi connectivity index (χ2v) is 13.3. The van der Waals surface area contributed by atoms with E-state index in [4.69, 9.17) is 9.47 Å². The number of hydrogen-bond donors (Lipinski definition) is 1. The number of carbonyl (C=O) groups excluding carboxylic acids is 2. The van der Waals surface area contributed by atoms with Gasteiger partial charge in [-0.3, -0.25) is 4.72 Å². The third-order valence-electron chi connectivity index (χ3n) is 3.42. The Kier molecular flexibility index (Phi) is 9.47. The van der Waals surface area contributed by atoms with Crippen LogP contribution in [0, 0.1) is 0 Å². The number of sulfonamides is 1. The van der Waals surface area contributed by atoms with Crippen LogP contribution >= 0.6 is 0 Å². The summed E-state index contributed by atoms with van der Waals surface area (Å²) >= 11 is 0. The summed E-state index contributed by atoms with van der Waals surface area (Å²) in [4.78, 5) is 24.9. The molecule has 1 aromatic carbocycles. The maximum Gasteiger partial charge on any atom is 0.419 e. The first-order valence-corrected chi connectivity index (χ1v) is 15.3. The van der Waals surface area contributed by atoms with Crippen molar-refractivity contribution in [3.05, 3.63) is 30.0 Å². The first-order valence-electron chi connectivity index (χ1n) is 9.76. The SMILES string of the molecule is CCOC(=O)c1cc2ccc(NS(C)(=O)=O)cc2n1C(=O)OC(C)(C)C.CS(=O)(=O)OS(C)(=O)=O. The van der Waals surface area contributed by atoms with Gasteiger partial charge >= 0.3 is 12.1 Å². The molecule has 0 aliphatic heterocycles. The molecule has 0 spiro atoms. The van der Waals surface area contributed by atoms with E-state index in [1.165, 1.54) is 18.2 Å². The lowest BCUT2D eigenvalue weighted by atomic mass is 10.2. The molecule has 2 aromatic rings. The van der Waals surface area contributed by atoms with Gasteiger partial charge in [0.25, 0.3) is 20.2 Å². The van der Waals surface area contributed by atoms with E-state index < -0.39 is 47.9 Å². The number of hydrogen-bond acceptors (Lipinski definition) is 11. The Morgan fingerprint density at radius 1 is 0.943 bits per heavy atom. The Morgan fingerprint density at radius 3 is 1.89 bits per heavy atom. The largest absolute Gasteiger partial charge is 0.461 e. The molecule has 0 saturated heterocycles. The first-order chi connectivity index (χ1) is 15.6. The molecule has 1 heterocycles. The second kappa shape index (κ2) is 10.9. The molecule has 0 bridgehead atoms. The number of benzene rings is 1. The molecule has 0 unspecified atom stereocenters. The highest BCUT2D eigenvalue weighted by Gasteiger charge is 2.26. The number of aromatic nitrogens is 1. The van der Waals surface area contributed by atoms with Crippen LogP contribution in [0.15, 0.2) is 24.3 Å². The third-order valence-corrected chi connectivity index (χ3v) is 6.00. The summed E-state index contributed by atoms with van der Waals surface area (Å²) in [7, 11) is -11.2. The van der Waals surface area contributed by atoms with Gasteiger partial charge in [0.2, 0.25) is 10.0 Å². The van der Waals surface area contributed by atoms with Gasteiger partial charge in [-0.25, -0.2) is 22.6 Å². The zero-order chi connectivity index (χ0) is 27.4. The molecule has 0 amide bonds. The van der Waals surface area contributed by atoms with E-state index in [2.05, 4.69) is 8.35 Å². The lowest BCUT2D eigenvalue weighted by Crippen LogP contribution is -2.29. The molecule has 1 N–H and O–H groups in total. The zero-order valence-corrected chi connectivity index (χ0v) is 22.6. The van der Waals surface area contributed by atoms with Crippen molar-refractivity contribution in [2.75, 3.05) is 30.1 Å². The first kappa shape index (κ1) is 30.3. The van der Waals surface area contributed by atoms with Gasteiger partial charge in [0.05, 0.1) is 36.6 Å². The van der Waals surface area contributed by atoms with Crippen LogP contribution < -0.4 is 4.72 Å². The Labute approximate surface area is 204 Å². The van der Waals surface area contributed by atoms with Gasteiger partial charge in [-0.2, -0.15) is 16.8 Å². The van der Waals surface area contributed by atoms with Crippen molar-refractivity contribution in [3.63, 3.8) is 0 Å². The van der Waals surface area contributed by atoms with E-state index in [9.17, 15) is 34.8 Å². The summed E-state index contributed by atoms with van der Waals surface area (Å²) < 4.78 is 80.5. The van der Waals surface area contributed by atoms with Crippen molar-refractivity contribution >= 4 is 58.9 Å². The van der Waals surface area contributed by atoms with Crippen LogP contribution in [0.1, 0.15) is 38.2 Å². The van der Waals surface area contributed by atoms with Crippen molar-refractivity contribution in [2.24, 2.45) is 0 Å². The topological polar surface area (TPSA) is 181 Å². The molecule has 1 aromatic heterocycles. The van der Waals surface area contributed by atoms with E-state index >= 15 is 0 Å². The van der Waals surface area contributed by atoms with Crippen LogP contribution in [0.5, 0.6) is 0 Å². The number of nitrogens with one attached hydrogen (secondary N) is 1. The Bertz CT molecular complexity index is 1390. The number of esters is 1. The monoisotopic (exact) mass is 556 g/mol. The molecule has 0 aliphatic rings. The highest BCUT2D eigenvalue weighted by atomic mass is 32.3. The fourth-order valence-electron chi connectivity index (χ4n) is 2.56. The van der Waals surface area contributed by atoms with Crippen molar-refractivity contribution in [2.45, 2.75) is 33.3 Å². The minimum atomic E-state index is -3.87. The second-order valence-electron chi connectivity index (χ2n) is 8.19. The molecule has 0 aliphatic carbocycles. The lowest BCUT2D eigenvalue weighted by molar-refractivity contribution is 0.0454. The van der Waals surface area contributed by atoms with Crippen molar-refractivity contribution < 1.29 is 47.9 Å². The highest BCUT2D eigenvalue weighted by molar-refractivity contribution is 7.99. The summed E-state index contributed by atoms with van der Waals surface area (Å²) in [6.07, 6.45) is 1.59. The molecular formula is C19H28N2O11S3. The van der Waals surface area contributed by atoms with E-state index in [-0.39, 0.29) is 18.0 Å². The molecule has 13 nitrogen and oxygen atoms in total. The fourth-order valence-corrected chi connectivity index (χ4v) is 4.91. The number of ether oxygens (including phenoxy) is 2. The van der Waals surface area contributed by atoms with E-state index in [1.807, 2.05) is 0 Å². The Hall–Kier alpha value is -2.69. The smallest absolute Gasteiger partial charge is 0.419 e. The van der Waals surface area contributed by atoms with Gasteiger partial charge < -0.3 is 9.47 Å². The van der Waals surface area contributed by atoms with Gasteiger partial charge in [-0.15, -0.1) is 3.63 Å². The minimum absolute atomic E-state index is 0.00704. The molecule has 16 heteroatoms. The summed E-state index contributed by atoms with van der Waals surface area (Å²) in [5.74, 6) is -0.674. The van der Waals surface area contributed by atoms with Gasteiger partial charge in [0.1, 0.15) is 11.3 Å². The van der Waals surface area contributed by atoms with Crippen LogP contribution in [-0.2, 0) is 43.4 Å². The van der Waals surface area contributed by atoms with Crippen LogP contribution in [0.25, 0.3) is 10.9 Å². The van der Waals surface area contributed by atoms with E-state index in [1.54, 1.807) is 33.8 Å². The van der Waals surface area contributed by atoms with Gasteiger partial charge in [-0.05, 0) is 45.9 Å². The zero-order valence-electron chi connectivity index (χ0n) is 20.2. The summed E-state index contributed by atoms with van der Waals surface area (Å²) in [6.45, 7) is 6.92. The summed E-state index contributed by atoms with van der Waals surface area (Å²) in [5.41, 5.74) is -0.177. The average molecular weight is 557 g/mol. The molecule has 0 radical (unpaired) electrons.